The number of nitrogens with zero attached hydrogens (tertiary/aromatic N) is 2. The summed E-state index contributed by atoms with van der Waals surface area (Å²) < 4.78 is 0. The third-order valence-electron chi connectivity index (χ3n) is 9.55. The second-order valence-electron chi connectivity index (χ2n) is 13.0. The summed E-state index contributed by atoms with van der Waals surface area (Å²) in [5.41, 5.74) is 6.41. The quantitative estimate of drug-likeness (QED) is 0.286. The van der Waals surface area contributed by atoms with E-state index >= 15 is 0 Å². The van der Waals surface area contributed by atoms with Gasteiger partial charge in [-0.1, -0.05) is 86.1 Å². The Morgan fingerprint density at radius 2 is 1.49 bits per heavy atom. The number of hydrogen-bond acceptors (Lipinski definition) is 4. The van der Waals surface area contributed by atoms with E-state index < -0.39 is 6.04 Å². The number of amides is 2. The van der Waals surface area contributed by atoms with Gasteiger partial charge >= 0.3 is 0 Å². The van der Waals surface area contributed by atoms with Gasteiger partial charge in [0.25, 0.3) is 0 Å². The number of fused-ring (bicyclic) bond motifs is 2. The van der Waals surface area contributed by atoms with Crippen LogP contribution in [0.1, 0.15) is 60.5 Å². The molecule has 2 unspecified atom stereocenters. The molecule has 0 saturated carbocycles. The molecule has 2 atom stereocenters. The van der Waals surface area contributed by atoms with E-state index in [1.807, 2.05) is 41.3 Å². The molecule has 1 saturated heterocycles. The number of carbonyl (C=O) groups excluding carboxylic acids is 2. The van der Waals surface area contributed by atoms with Crippen molar-refractivity contribution in [2.75, 3.05) is 26.2 Å². The Labute approximate surface area is 285 Å². The Morgan fingerprint density at radius 3 is 2.11 bits per heavy atom. The zero-order chi connectivity index (χ0) is 30.0. The van der Waals surface area contributed by atoms with Crippen LogP contribution in [0.3, 0.4) is 0 Å². The summed E-state index contributed by atoms with van der Waals surface area (Å²) in [5, 5.41) is 7.24. The molecule has 1 fully saturated rings. The van der Waals surface area contributed by atoms with Crippen LogP contribution >= 0.6 is 36.4 Å². The molecule has 3 aliphatic rings. The molecular formula is C36H45Cl3N4O2. The summed E-state index contributed by atoms with van der Waals surface area (Å²) in [4.78, 5) is 32.0. The van der Waals surface area contributed by atoms with Crippen molar-refractivity contribution in [2.45, 2.75) is 70.1 Å². The highest BCUT2D eigenvalue weighted by Crippen LogP contribution is 2.39. The van der Waals surface area contributed by atoms with Crippen molar-refractivity contribution < 1.29 is 9.59 Å². The lowest BCUT2D eigenvalue weighted by Crippen LogP contribution is -2.61. The first-order valence-corrected chi connectivity index (χ1v) is 16.1. The molecule has 9 heteroatoms. The number of benzene rings is 3. The van der Waals surface area contributed by atoms with E-state index in [1.54, 1.807) is 0 Å². The molecule has 1 aliphatic carbocycles. The van der Waals surface area contributed by atoms with Crippen molar-refractivity contribution in [3.05, 3.63) is 106 Å². The first-order chi connectivity index (χ1) is 20.8. The van der Waals surface area contributed by atoms with Crippen LogP contribution in [-0.4, -0.2) is 59.4 Å². The SMILES string of the molecule is CC(C)CC1(N2CCN(C(=O)C(Cc3ccc(Cl)cc3)NC(=O)CC3NCc4ccccc43)CC2)Cc2ccccc2C1.Cl.Cl. The molecule has 6 nitrogen and oxygen atoms in total. The third kappa shape index (κ3) is 8.04. The van der Waals surface area contributed by atoms with Crippen LogP contribution in [0.2, 0.25) is 5.02 Å². The van der Waals surface area contributed by atoms with Crippen LogP contribution in [0.4, 0.5) is 0 Å². The van der Waals surface area contributed by atoms with Crippen LogP contribution < -0.4 is 10.6 Å². The highest BCUT2D eigenvalue weighted by atomic mass is 35.5. The van der Waals surface area contributed by atoms with Crippen molar-refractivity contribution in [3.63, 3.8) is 0 Å². The number of hydrogen-bond donors (Lipinski definition) is 2. The minimum atomic E-state index is -0.628. The number of nitrogens with one attached hydrogen (secondary N) is 2. The van der Waals surface area contributed by atoms with E-state index in [2.05, 4.69) is 65.8 Å². The molecule has 2 N–H and O–H groups in total. The molecule has 2 heterocycles. The van der Waals surface area contributed by atoms with E-state index in [9.17, 15) is 9.59 Å². The van der Waals surface area contributed by atoms with Gasteiger partial charge in [0.15, 0.2) is 0 Å². The molecule has 6 rings (SSSR count). The van der Waals surface area contributed by atoms with Gasteiger partial charge in [0.1, 0.15) is 6.04 Å². The fraction of sp³-hybridized carbons (Fsp3) is 0.444. The average molecular weight is 672 g/mol. The maximum Gasteiger partial charge on any atom is 0.245 e. The van der Waals surface area contributed by atoms with E-state index in [-0.39, 0.29) is 48.2 Å². The predicted octanol–water partition coefficient (Wildman–Crippen LogP) is 6.17. The van der Waals surface area contributed by atoms with Gasteiger partial charge in [-0.05, 0) is 65.1 Å². The molecule has 3 aromatic carbocycles. The summed E-state index contributed by atoms with van der Waals surface area (Å²) in [5.74, 6) is 0.476. The summed E-state index contributed by atoms with van der Waals surface area (Å²) >= 11 is 6.14. The van der Waals surface area contributed by atoms with Gasteiger partial charge in [0.05, 0.1) is 0 Å². The monoisotopic (exact) mass is 670 g/mol. The predicted molar refractivity (Wildman–Crippen MR) is 186 cm³/mol. The smallest absolute Gasteiger partial charge is 0.245 e. The Hall–Kier alpha value is -2.61. The molecule has 242 valence electrons. The van der Waals surface area contributed by atoms with Crippen molar-refractivity contribution in [1.29, 1.82) is 0 Å². The average Bonchev–Trinajstić information content (AvgIpc) is 3.59. The number of rotatable bonds is 9. The highest BCUT2D eigenvalue weighted by molar-refractivity contribution is 6.30. The fourth-order valence-electron chi connectivity index (χ4n) is 7.61. The van der Waals surface area contributed by atoms with Crippen LogP contribution in [-0.2, 0) is 35.4 Å². The minimum absolute atomic E-state index is 0. The molecule has 3 aromatic rings. The summed E-state index contributed by atoms with van der Waals surface area (Å²) in [7, 11) is 0. The molecule has 0 spiro atoms. The lowest BCUT2D eigenvalue weighted by atomic mass is 9.83. The fourth-order valence-corrected chi connectivity index (χ4v) is 7.73. The van der Waals surface area contributed by atoms with Crippen molar-refractivity contribution in [3.8, 4) is 0 Å². The molecule has 45 heavy (non-hydrogen) atoms. The number of halogens is 3. The summed E-state index contributed by atoms with van der Waals surface area (Å²) in [6, 6.07) is 24.0. The Kier molecular flexibility index (Phi) is 12.0. The van der Waals surface area contributed by atoms with Crippen LogP contribution in [0.15, 0.2) is 72.8 Å². The van der Waals surface area contributed by atoms with Gasteiger partial charge < -0.3 is 15.5 Å². The molecule has 2 amide bonds. The Bertz CT molecular complexity index is 1430. The molecule has 0 aromatic heterocycles. The lowest BCUT2D eigenvalue weighted by Gasteiger charge is -2.47. The van der Waals surface area contributed by atoms with Crippen molar-refractivity contribution in [1.82, 2.24) is 20.4 Å². The third-order valence-corrected chi connectivity index (χ3v) is 9.81. The zero-order valence-electron chi connectivity index (χ0n) is 26.1. The topological polar surface area (TPSA) is 64.7 Å². The maximum atomic E-state index is 14.1. The Balaban J connectivity index is 0.00000230. The first kappa shape index (κ1) is 35.2. The maximum absolute atomic E-state index is 14.1. The molecular weight excluding hydrogens is 627 g/mol. The van der Waals surface area contributed by atoms with Gasteiger partial charge in [0.2, 0.25) is 11.8 Å². The van der Waals surface area contributed by atoms with Gasteiger partial charge in [0, 0.05) is 62.2 Å². The van der Waals surface area contributed by atoms with E-state index in [4.69, 9.17) is 11.6 Å². The van der Waals surface area contributed by atoms with E-state index in [0.29, 0.717) is 36.9 Å². The van der Waals surface area contributed by atoms with Crippen LogP contribution in [0.5, 0.6) is 0 Å². The highest BCUT2D eigenvalue weighted by Gasteiger charge is 2.44. The second-order valence-corrected chi connectivity index (χ2v) is 13.5. The number of carbonyl (C=O) groups is 2. The van der Waals surface area contributed by atoms with E-state index in [1.165, 1.54) is 22.3 Å². The van der Waals surface area contributed by atoms with Crippen molar-refractivity contribution >= 4 is 48.2 Å². The first-order valence-electron chi connectivity index (χ1n) is 15.8. The zero-order valence-corrected chi connectivity index (χ0v) is 28.5. The minimum Gasteiger partial charge on any atom is -0.344 e. The van der Waals surface area contributed by atoms with Gasteiger partial charge in [-0.25, -0.2) is 0 Å². The van der Waals surface area contributed by atoms with Gasteiger partial charge in [-0.2, -0.15) is 0 Å². The van der Waals surface area contributed by atoms with E-state index in [0.717, 1.165) is 44.5 Å². The standard InChI is InChI=1S/C36H43ClN4O2.2ClH/c1-25(2)21-36(22-27-7-3-4-8-28(27)23-36)41-17-15-40(16-18-41)35(43)33(19-26-11-13-30(37)14-12-26)39-34(42)20-32-31-10-6-5-9-29(31)24-38-32;;/h3-14,25,32-33,38H,15-24H2,1-2H3,(H,39,42);2*1H. The summed E-state index contributed by atoms with van der Waals surface area (Å²) in [6.45, 7) is 8.41. The van der Waals surface area contributed by atoms with Crippen LogP contribution in [0, 0.1) is 5.92 Å². The van der Waals surface area contributed by atoms with Gasteiger partial charge in [-0.3, -0.25) is 14.5 Å². The van der Waals surface area contributed by atoms with Gasteiger partial charge in [-0.15, -0.1) is 24.8 Å². The molecule has 0 bridgehead atoms. The summed E-state index contributed by atoms with van der Waals surface area (Å²) in [6.07, 6.45) is 4.02. The largest absolute Gasteiger partial charge is 0.344 e. The lowest BCUT2D eigenvalue weighted by molar-refractivity contribution is -0.139. The van der Waals surface area contributed by atoms with Crippen molar-refractivity contribution in [2.24, 2.45) is 5.92 Å². The normalized spacial score (nSPS) is 19.2. The second kappa shape index (κ2) is 15.3. The van der Waals surface area contributed by atoms with Crippen LogP contribution in [0.25, 0.3) is 0 Å². The Morgan fingerprint density at radius 1 is 0.889 bits per heavy atom. The number of piperazine rings is 1. The molecule has 2 aliphatic heterocycles. The molecule has 0 radical (unpaired) electrons.